The second-order valence-electron chi connectivity index (χ2n) is 1.83. The van der Waals surface area contributed by atoms with Gasteiger partial charge in [0.15, 0.2) is 0 Å². The molecule has 0 aromatic carbocycles. The van der Waals surface area contributed by atoms with Crippen LogP contribution in [-0.4, -0.2) is 35.1 Å². The van der Waals surface area contributed by atoms with Crippen LogP contribution in [0.2, 0.25) is 0 Å². The van der Waals surface area contributed by atoms with Crippen molar-refractivity contribution in [1.29, 1.82) is 0 Å². The van der Waals surface area contributed by atoms with Gasteiger partial charge in [0, 0.05) is 6.54 Å². The van der Waals surface area contributed by atoms with Gasteiger partial charge in [0.25, 0.3) is 0 Å². The van der Waals surface area contributed by atoms with E-state index in [0.717, 1.165) is 13.0 Å². The molecule has 0 aliphatic carbocycles. The predicted octanol–water partition coefficient (Wildman–Crippen LogP) is 0.0182. The van der Waals surface area contributed by atoms with Crippen molar-refractivity contribution < 1.29 is 10.2 Å². The Bertz CT molecular complexity index is 60.9. The minimum Gasteiger partial charge on any atom is -0.356 e. The molecule has 0 unspecified atom stereocenters. The highest BCUT2D eigenvalue weighted by Gasteiger charge is 2.02. The highest BCUT2D eigenvalue weighted by Crippen LogP contribution is 1.87. The molecule has 0 aromatic heterocycles. The zero-order valence-electron chi connectivity index (χ0n) is 5.74. The Kier molecular flexibility index (Phi) is 8.32. The summed E-state index contributed by atoms with van der Waals surface area (Å²) in [6.45, 7) is 2.70. The number of nitrogens with zero attached hydrogens (tertiary/aromatic N) is 1. The Morgan fingerprint density at radius 3 is 2.00 bits per heavy atom. The Morgan fingerprint density at radius 1 is 1.44 bits per heavy atom. The maximum absolute atomic E-state index is 8.43. The van der Waals surface area contributed by atoms with Crippen LogP contribution in [0.4, 0.5) is 0 Å². The standard InChI is InChI=1S/C5H13NO2.ClH/c1-3-4-6(2)5(7)8;/h5,7-8H,3-4H2,1-2H3;1H. The van der Waals surface area contributed by atoms with Crippen molar-refractivity contribution in [2.75, 3.05) is 13.6 Å². The number of aliphatic hydroxyl groups is 2. The molecule has 4 heteroatoms. The molecule has 0 aromatic rings. The van der Waals surface area contributed by atoms with Crippen molar-refractivity contribution in [3.8, 4) is 0 Å². The molecule has 3 nitrogen and oxygen atoms in total. The van der Waals surface area contributed by atoms with Crippen LogP contribution in [0.5, 0.6) is 0 Å². The summed E-state index contributed by atoms with van der Waals surface area (Å²) in [7, 11) is 1.66. The Balaban J connectivity index is 0. The third-order valence-electron chi connectivity index (χ3n) is 0.971. The second-order valence-corrected chi connectivity index (χ2v) is 1.83. The fourth-order valence-electron chi connectivity index (χ4n) is 0.468. The first kappa shape index (κ1) is 11.9. The van der Waals surface area contributed by atoms with Crippen molar-refractivity contribution in [1.82, 2.24) is 4.90 Å². The van der Waals surface area contributed by atoms with Gasteiger partial charge in [-0.3, -0.25) is 4.90 Å². The van der Waals surface area contributed by atoms with E-state index in [-0.39, 0.29) is 12.4 Å². The summed E-state index contributed by atoms with van der Waals surface area (Å²) in [6, 6.07) is 0. The lowest BCUT2D eigenvalue weighted by Crippen LogP contribution is -2.31. The van der Waals surface area contributed by atoms with Crippen molar-refractivity contribution >= 4 is 12.4 Å². The minimum atomic E-state index is -1.30. The van der Waals surface area contributed by atoms with Gasteiger partial charge in [0.1, 0.15) is 0 Å². The molecular weight excluding hydrogens is 142 g/mol. The van der Waals surface area contributed by atoms with Gasteiger partial charge in [0.05, 0.1) is 0 Å². The van der Waals surface area contributed by atoms with Crippen molar-refractivity contribution in [2.45, 2.75) is 19.8 Å². The average Bonchev–Trinajstić information content (AvgIpc) is 1.67. The number of halogens is 1. The quantitative estimate of drug-likeness (QED) is 0.565. The summed E-state index contributed by atoms with van der Waals surface area (Å²) in [4.78, 5) is 1.46. The fraction of sp³-hybridized carbons (Fsp3) is 1.00. The zero-order chi connectivity index (χ0) is 6.57. The van der Waals surface area contributed by atoms with Gasteiger partial charge in [0.2, 0.25) is 6.41 Å². The van der Waals surface area contributed by atoms with Crippen LogP contribution in [-0.2, 0) is 0 Å². The molecule has 0 spiro atoms. The zero-order valence-corrected chi connectivity index (χ0v) is 6.56. The predicted molar refractivity (Wildman–Crippen MR) is 38.4 cm³/mol. The van der Waals surface area contributed by atoms with Crippen LogP contribution in [0, 0.1) is 0 Å². The average molecular weight is 156 g/mol. The molecule has 58 valence electrons. The lowest BCUT2D eigenvalue weighted by atomic mass is 10.4. The fourth-order valence-corrected chi connectivity index (χ4v) is 0.468. The molecule has 0 amide bonds. The van der Waals surface area contributed by atoms with Gasteiger partial charge in [-0.2, -0.15) is 0 Å². The normalized spacial score (nSPS) is 10.0. The van der Waals surface area contributed by atoms with E-state index in [1.165, 1.54) is 4.90 Å². The molecule has 0 bridgehead atoms. The number of hydrogen-bond acceptors (Lipinski definition) is 3. The lowest BCUT2D eigenvalue weighted by molar-refractivity contribution is -0.144. The lowest BCUT2D eigenvalue weighted by Gasteiger charge is -2.16. The number of aliphatic hydroxyl groups excluding tert-OH is 1. The molecule has 0 rings (SSSR count). The molecule has 0 fully saturated rings. The first-order chi connectivity index (χ1) is 3.68. The number of hydrogen-bond donors (Lipinski definition) is 2. The maximum atomic E-state index is 8.43. The molecule has 0 saturated heterocycles. The highest BCUT2D eigenvalue weighted by molar-refractivity contribution is 5.85. The molecular formula is C5H14ClNO2. The third kappa shape index (κ3) is 6.05. The second kappa shape index (κ2) is 6.29. The third-order valence-corrected chi connectivity index (χ3v) is 0.971. The van der Waals surface area contributed by atoms with Gasteiger partial charge in [-0.05, 0) is 13.5 Å². The maximum Gasteiger partial charge on any atom is 0.213 e. The van der Waals surface area contributed by atoms with Crippen LogP contribution in [0.15, 0.2) is 0 Å². The van der Waals surface area contributed by atoms with Gasteiger partial charge >= 0.3 is 0 Å². The smallest absolute Gasteiger partial charge is 0.213 e. The summed E-state index contributed by atoms with van der Waals surface area (Å²) in [6.07, 6.45) is -0.358. The van der Waals surface area contributed by atoms with Crippen molar-refractivity contribution in [3.05, 3.63) is 0 Å². The van der Waals surface area contributed by atoms with E-state index >= 15 is 0 Å². The summed E-state index contributed by atoms with van der Waals surface area (Å²) < 4.78 is 0. The van der Waals surface area contributed by atoms with E-state index < -0.39 is 6.41 Å². The van der Waals surface area contributed by atoms with E-state index in [1.807, 2.05) is 6.92 Å². The van der Waals surface area contributed by atoms with Crippen LogP contribution < -0.4 is 0 Å². The van der Waals surface area contributed by atoms with Crippen molar-refractivity contribution in [3.63, 3.8) is 0 Å². The summed E-state index contributed by atoms with van der Waals surface area (Å²) in [5.74, 6) is 0. The first-order valence-corrected chi connectivity index (χ1v) is 2.75. The molecule has 9 heavy (non-hydrogen) atoms. The Hall–Kier alpha value is 0.170. The Labute approximate surface area is 61.7 Å². The number of rotatable bonds is 3. The van der Waals surface area contributed by atoms with Crippen LogP contribution >= 0.6 is 12.4 Å². The summed E-state index contributed by atoms with van der Waals surface area (Å²) in [5.41, 5.74) is 0. The molecule has 0 heterocycles. The van der Waals surface area contributed by atoms with Crippen molar-refractivity contribution in [2.24, 2.45) is 0 Å². The summed E-state index contributed by atoms with van der Waals surface area (Å²) >= 11 is 0. The van der Waals surface area contributed by atoms with E-state index in [0.29, 0.717) is 0 Å². The van der Waals surface area contributed by atoms with E-state index in [1.54, 1.807) is 7.05 Å². The molecule has 0 saturated carbocycles. The van der Waals surface area contributed by atoms with Crippen LogP contribution in [0.25, 0.3) is 0 Å². The highest BCUT2D eigenvalue weighted by atomic mass is 35.5. The molecule has 0 aliphatic heterocycles. The molecule has 0 aliphatic rings. The van der Waals surface area contributed by atoms with Gasteiger partial charge in [-0.15, -0.1) is 12.4 Å². The topological polar surface area (TPSA) is 43.7 Å². The van der Waals surface area contributed by atoms with Gasteiger partial charge < -0.3 is 10.2 Å². The monoisotopic (exact) mass is 155 g/mol. The summed E-state index contributed by atoms with van der Waals surface area (Å²) in [5, 5.41) is 16.9. The molecule has 2 N–H and O–H groups in total. The minimum absolute atomic E-state index is 0. The van der Waals surface area contributed by atoms with E-state index in [4.69, 9.17) is 10.2 Å². The largest absolute Gasteiger partial charge is 0.356 e. The van der Waals surface area contributed by atoms with Gasteiger partial charge in [-0.1, -0.05) is 6.92 Å². The Morgan fingerprint density at radius 2 is 1.89 bits per heavy atom. The molecule has 0 atom stereocenters. The van der Waals surface area contributed by atoms with E-state index in [9.17, 15) is 0 Å². The first-order valence-electron chi connectivity index (χ1n) is 2.75. The van der Waals surface area contributed by atoms with Crippen LogP contribution in [0.1, 0.15) is 13.3 Å². The van der Waals surface area contributed by atoms with Crippen LogP contribution in [0.3, 0.4) is 0 Å². The SMILES string of the molecule is CCCN(C)C(O)O.Cl. The molecule has 0 radical (unpaired) electrons. The van der Waals surface area contributed by atoms with E-state index in [2.05, 4.69) is 0 Å². The van der Waals surface area contributed by atoms with Gasteiger partial charge in [-0.25, -0.2) is 0 Å².